The van der Waals surface area contributed by atoms with Crippen LogP contribution in [0.1, 0.15) is 51.5 Å². The predicted octanol–water partition coefficient (Wildman–Crippen LogP) is 1.20. The molecule has 2 atom stereocenters. The molecule has 0 aliphatic heterocycles. The molecule has 0 fully saturated rings. The molecule has 3 amide bonds. The van der Waals surface area contributed by atoms with E-state index in [9.17, 15) is 23.6 Å². The van der Waals surface area contributed by atoms with E-state index in [2.05, 4.69) is 16.0 Å². The SMILES string of the molecule is CC(C)C(=O)N[C@@H](CCCCN)C(=O)N[C@@H](CCC(=O)C=N)C(=O)NCc1ccc(F)cc1. The van der Waals surface area contributed by atoms with Crippen LogP contribution in [0.4, 0.5) is 4.39 Å². The quantitative estimate of drug-likeness (QED) is 0.195. The van der Waals surface area contributed by atoms with Gasteiger partial charge in [0, 0.05) is 18.9 Å². The summed E-state index contributed by atoms with van der Waals surface area (Å²) in [6.07, 6.45) is 2.19. The zero-order chi connectivity index (χ0) is 24.8. The lowest BCUT2D eigenvalue weighted by molar-refractivity contribution is -0.133. The molecule has 0 unspecified atom stereocenters. The summed E-state index contributed by atoms with van der Waals surface area (Å²) in [5, 5.41) is 15.0. The zero-order valence-corrected chi connectivity index (χ0v) is 19.2. The zero-order valence-electron chi connectivity index (χ0n) is 19.2. The van der Waals surface area contributed by atoms with Gasteiger partial charge in [-0.2, -0.15) is 0 Å². The van der Waals surface area contributed by atoms with Gasteiger partial charge in [-0.3, -0.25) is 19.2 Å². The number of unbranched alkanes of at least 4 members (excludes halogenated alkanes) is 1. The van der Waals surface area contributed by atoms with E-state index < -0.39 is 35.5 Å². The van der Waals surface area contributed by atoms with Crippen LogP contribution >= 0.6 is 0 Å². The Balaban J connectivity index is 2.89. The third-order valence-corrected chi connectivity index (χ3v) is 4.96. The van der Waals surface area contributed by atoms with Gasteiger partial charge in [-0.15, -0.1) is 0 Å². The first-order valence-electron chi connectivity index (χ1n) is 11.0. The Labute approximate surface area is 193 Å². The number of ketones is 1. The summed E-state index contributed by atoms with van der Waals surface area (Å²) in [7, 11) is 0. The summed E-state index contributed by atoms with van der Waals surface area (Å²) in [6.45, 7) is 3.97. The smallest absolute Gasteiger partial charge is 0.243 e. The lowest BCUT2D eigenvalue weighted by Gasteiger charge is -2.24. The minimum absolute atomic E-state index is 0.0111. The number of Topliss-reactive ketones (excluding diaryl/α,β-unsaturated/α-hetero) is 1. The van der Waals surface area contributed by atoms with Gasteiger partial charge in [0.15, 0.2) is 5.78 Å². The second-order valence-electron chi connectivity index (χ2n) is 8.06. The molecule has 0 radical (unpaired) electrons. The van der Waals surface area contributed by atoms with Crippen molar-refractivity contribution in [1.29, 1.82) is 5.41 Å². The van der Waals surface area contributed by atoms with Gasteiger partial charge in [0.25, 0.3) is 0 Å². The van der Waals surface area contributed by atoms with Crippen molar-refractivity contribution in [1.82, 2.24) is 16.0 Å². The molecule has 0 heterocycles. The summed E-state index contributed by atoms with van der Waals surface area (Å²) in [6, 6.07) is 3.69. The molecule has 1 aromatic carbocycles. The number of rotatable bonds is 15. The van der Waals surface area contributed by atoms with Crippen molar-refractivity contribution in [3.05, 3.63) is 35.6 Å². The van der Waals surface area contributed by atoms with Crippen LogP contribution in [0.3, 0.4) is 0 Å². The van der Waals surface area contributed by atoms with E-state index in [0.29, 0.717) is 37.6 Å². The Morgan fingerprint density at radius 3 is 2.15 bits per heavy atom. The van der Waals surface area contributed by atoms with Gasteiger partial charge in [0.05, 0.1) is 6.21 Å². The van der Waals surface area contributed by atoms with Gasteiger partial charge in [-0.05, 0) is 49.9 Å². The first-order valence-corrected chi connectivity index (χ1v) is 11.0. The summed E-state index contributed by atoms with van der Waals surface area (Å²) in [5.74, 6) is -2.56. The molecule has 33 heavy (non-hydrogen) atoms. The van der Waals surface area contributed by atoms with Crippen molar-refractivity contribution in [2.24, 2.45) is 11.7 Å². The van der Waals surface area contributed by atoms with E-state index in [1.807, 2.05) is 0 Å². The number of hydrogen-bond donors (Lipinski definition) is 5. The summed E-state index contributed by atoms with van der Waals surface area (Å²) >= 11 is 0. The molecule has 6 N–H and O–H groups in total. The maximum atomic E-state index is 13.1. The van der Waals surface area contributed by atoms with E-state index in [1.54, 1.807) is 13.8 Å². The maximum Gasteiger partial charge on any atom is 0.243 e. The number of carbonyl (C=O) groups is 4. The summed E-state index contributed by atoms with van der Waals surface area (Å²) in [4.78, 5) is 49.4. The molecule has 1 aromatic rings. The average Bonchev–Trinajstić information content (AvgIpc) is 2.79. The second kappa shape index (κ2) is 14.8. The topological polar surface area (TPSA) is 154 Å². The van der Waals surface area contributed by atoms with Gasteiger partial charge in [0.2, 0.25) is 17.7 Å². The van der Waals surface area contributed by atoms with Crippen LogP contribution in [0.2, 0.25) is 0 Å². The number of nitrogens with one attached hydrogen (secondary N) is 4. The van der Waals surface area contributed by atoms with Gasteiger partial charge in [0.1, 0.15) is 17.9 Å². The fourth-order valence-electron chi connectivity index (χ4n) is 2.91. The largest absolute Gasteiger partial charge is 0.350 e. The van der Waals surface area contributed by atoms with Gasteiger partial charge >= 0.3 is 0 Å². The number of halogens is 1. The first-order chi connectivity index (χ1) is 15.7. The number of amides is 3. The normalized spacial score (nSPS) is 12.5. The van der Waals surface area contributed by atoms with E-state index >= 15 is 0 Å². The molecule has 9 nitrogen and oxygen atoms in total. The third-order valence-electron chi connectivity index (χ3n) is 4.96. The van der Waals surface area contributed by atoms with Gasteiger partial charge in [-0.25, -0.2) is 4.39 Å². The van der Waals surface area contributed by atoms with Crippen LogP contribution in [-0.2, 0) is 25.7 Å². The predicted molar refractivity (Wildman–Crippen MR) is 123 cm³/mol. The molecule has 0 aliphatic carbocycles. The average molecular weight is 464 g/mol. The Bertz CT molecular complexity index is 814. The van der Waals surface area contributed by atoms with Crippen LogP contribution in [-0.4, -0.2) is 48.3 Å². The van der Waals surface area contributed by atoms with Crippen LogP contribution in [0.5, 0.6) is 0 Å². The van der Waals surface area contributed by atoms with E-state index in [4.69, 9.17) is 11.1 Å². The lowest BCUT2D eigenvalue weighted by atomic mass is 10.0. The third kappa shape index (κ3) is 10.8. The van der Waals surface area contributed by atoms with Crippen molar-refractivity contribution in [3.8, 4) is 0 Å². The molecule has 0 saturated carbocycles. The number of hydrogen-bond acceptors (Lipinski definition) is 6. The highest BCUT2D eigenvalue weighted by Crippen LogP contribution is 2.07. The molecule has 0 aromatic heterocycles. The highest BCUT2D eigenvalue weighted by Gasteiger charge is 2.27. The van der Waals surface area contributed by atoms with E-state index in [0.717, 1.165) is 0 Å². The molecule has 182 valence electrons. The molecule has 0 saturated heterocycles. The molecule has 1 rings (SSSR count). The Morgan fingerprint density at radius 1 is 0.970 bits per heavy atom. The maximum absolute atomic E-state index is 13.1. The number of benzene rings is 1. The van der Waals surface area contributed by atoms with Gasteiger partial charge < -0.3 is 27.1 Å². The number of carbonyl (C=O) groups excluding carboxylic acids is 4. The van der Waals surface area contributed by atoms with Crippen LogP contribution in [0, 0.1) is 17.1 Å². The second-order valence-corrected chi connectivity index (χ2v) is 8.06. The van der Waals surface area contributed by atoms with Crippen molar-refractivity contribution in [2.45, 2.75) is 64.6 Å². The Morgan fingerprint density at radius 2 is 1.58 bits per heavy atom. The standard InChI is InChI=1S/C23H34FN5O4/c1-15(2)21(31)28-19(5-3-4-12-25)23(33)29-20(11-10-18(30)13-26)22(32)27-14-16-6-8-17(24)9-7-16/h6-9,13,15,19-20,26H,3-5,10-12,14,25H2,1-2H3,(H,27,32)(H,28,31)(H,29,33)/t19-,20-/m0/s1. The summed E-state index contributed by atoms with van der Waals surface area (Å²) in [5.41, 5.74) is 6.18. The fraction of sp³-hybridized carbons (Fsp3) is 0.522. The number of nitrogens with two attached hydrogens (primary N) is 1. The van der Waals surface area contributed by atoms with Gasteiger partial charge in [-0.1, -0.05) is 26.0 Å². The monoisotopic (exact) mass is 463 g/mol. The Hall–Kier alpha value is -3.14. The molecule has 10 heteroatoms. The Kier molecular flexibility index (Phi) is 12.5. The molecule has 0 bridgehead atoms. The van der Waals surface area contributed by atoms with Crippen LogP contribution < -0.4 is 21.7 Å². The molecule has 0 aliphatic rings. The minimum atomic E-state index is -1.05. The van der Waals surface area contributed by atoms with Crippen LogP contribution in [0.25, 0.3) is 0 Å². The minimum Gasteiger partial charge on any atom is -0.350 e. The fourth-order valence-corrected chi connectivity index (χ4v) is 2.91. The first kappa shape index (κ1) is 27.9. The molecular weight excluding hydrogens is 429 g/mol. The highest BCUT2D eigenvalue weighted by atomic mass is 19.1. The molecule has 0 spiro atoms. The van der Waals surface area contributed by atoms with Crippen molar-refractivity contribution in [3.63, 3.8) is 0 Å². The van der Waals surface area contributed by atoms with Crippen molar-refractivity contribution < 1.29 is 23.6 Å². The van der Waals surface area contributed by atoms with Crippen LogP contribution in [0.15, 0.2) is 24.3 Å². The summed E-state index contributed by atoms with van der Waals surface area (Å²) < 4.78 is 13.1. The molecular formula is C23H34FN5O4. The lowest BCUT2D eigenvalue weighted by Crippen LogP contribution is -2.54. The van der Waals surface area contributed by atoms with Crippen molar-refractivity contribution in [2.75, 3.05) is 6.54 Å². The van der Waals surface area contributed by atoms with E-state index in [1.165, 1.54) is 24.3 Å². The van der Waals surface area contributed by atoms with E-state index in [-0.39, 0.29) is 31.2 Å². The van der Waals surface area contributed by atoms with Crippen molar-refractivity contribution >= 4 is 29.7 Å². The highest BCUT2D eigenvalue weighted by molar-refractivity contribution is 6.26.